The Morgan fingerprint density at radius 1 is 0.426 bits per heavy atom. The van der Waals surface area contributed by atoms with Crippen LogP contribution in [0.3, 0.4) is 0 Å². The minimum atomic E-state index is -0.364. The van der Waals surface area contributed by atoms with E-state index in [0.29, 0.717) is 0 Å². The Labute approximate surface area is 396 Å². The molecule has 3 heterocycles. The first-order chi connectivity index (χ1) is 33.6. The quantitative estimate of drug-likeness (QED) is 0.152. The van der Waals surface area contributed by atoms with Crippen LogP contribution in [-0.2, 0) is 0 Å². The molecule has 9 aromatic carbocycles. The van der Waals surface area contributed by atoms with Crippen LogP contribution in [0.2, 0.25) is 0 Å². The number of rotatable bonds is 9. The van der Waals surface area contributed by atoms with E-state index >= 15 is 0 Å². The van der Waals surface area contributed by atoms with Crippen molar-refractivity contribution in [2.45, 2.75) is 6.04 Å². The molecule has 12 rings (SSSR count). The molecule has 1 unspecified atom stereocenters. The van der Waals surface area contributed by atoms with Crippen LogP contribution in [0.5, 0.6) is 0 Å². The van der Waals surface area contributed by atoms with E-state index in [0.717, 1.165) is 95.2 Å². The molecule has 4 nitrogen and oxygen atoms in total. The van der Waals surface area contributed by atoms with Gasteiger partial charge in [0.1, 0.15) is 0 Å². The number of hydrogen-bond acceptors (Lipinski definition) is 3. The maximum absolute atomic E-state index is 7.25. The number of aromatic nitrogens is 2. The summed E-state index contributed by atoms with van der Waals surface area (Å²) in [5.74, 6) is 0. The molecule has 0 bridgehead atoms. The second-order valence-corrected chi connectivity index (χ2v) is 17.4. The molecule has 0 radical (unpaired) electrons. The molecule has 0 aliphatic carbocycles. The molecule has 0 spiro atoms. The van der Waals surface area contributed by atoms with Gasteiger partial charge in [0, 0.05) is 44.4 Å². The van der Waals surface area contributed by atoms with Crippen LogP contribution < -0.4 is 11.1 Å². The van der Waals surface area contributed by atoms with Crippen LogP contribution in [0, 0.1) is 0 Å². The number of nitrogens with two attached hydrogens (primary N) is 1. The molecule has 3 N–H and O–H groups in total. The Hall–Kier alpha value is -8.83. The predicted molar refractivity (Wildman–Crippen MR) is 284 cm³/mol. The van der Waals surface area contributed by atoms with Crippen LogP contribution in [-0.4, -0.2) is 9.55 Å². The highest BCUT2D eigenvalue weighted by Crippen LogP contribution is 2.41. The topological polar surface area (TPSA) is 55.9 Å². The van der Waals surface area contributed by atoms with Gasteiger partial charge >= 0.3 is 0 Å². The van der Waals surface area contributed by atoms with E-state index in [9.17, 15) is 0 Å². The van der Waals surface area contributed by atoms with Gasteiger partial charge in [-0.15, -0.1) is 0 Å². The van der Waals surface area contributed by atoms with E-state index in [2.05, 4.69) is 259 Å². The Morgan fingerprint density at radius 2 is 0.956 bits per heavy atom. The molecule has 1 atom stereocenters. The van der Waals surface area contributed by atoms with Crippen molar-refractivity contribution in [3.05, 3.63) is 277 Å². The van der Waals surface area contributed by atoms with Crippen molar-refractivity contribution in [3.8, 4) is 50.5 Å². The largest absolute Gasteiger partial charge is 0.354 e. The number of benzene rings is 9. The van der Waals surface area contributed by atoms with Crippen LogP contribution in [0.1, 0.15) is 33.9 Å². The zero-order valence-corrected chi connectivity index (χ0v) is 37.3. The summed E-state index contributed by atoms with van der Waals surface area (Å²) >= 11 is 0. The smallest absolute Gasteiger partial charge is 0.0716 e. The molecule has 1 aliphatic rings. The van der Waals surface area contributed by atoms with Gasteiger partial charge in [0.2, 0.25) is 0 Å². The Morgan fingerprint density at radius 3 is 1.62 bits per heavy atom. The molecule has 322 valence electrons. The summed E-state index contributed by atoms with van der Waals surface area (Å²) in [6.45, 7) is 0. The van der Waals surface area contributed by atoms with Gasteiger partial charge in [0.25, 0.3) is 0 Å². The number of hydrogen-bond donors (Lipinski definition) is 2. The first-order valence-corrected chi connectivity index (χ1v) is 23.2. The summed E-state index contributed by atoms with van der Waals surface area (Å²) in [4.78, 5) is 5.31. The van der Waals surface area contributed by atoms with Gasteiger partial charge in [-0.2, -0.15) is 0 Å². The summed E-state index contributed by atoms with van der Waals surface area (Å²) in [6.07, 6.45) is 2.27. The fraction of sp³-hybridized carbons (Fsp3) is 0.0156. The molecule has 0 saturated carbocycles. The minimum absolute atomic E-state index is 0.364. The normalized spacial score (nSPS) is 13.4. The van der Waals surface area contributed by atoms with Gasteiger partial charge in [-0.25, -0.2) is 4.98 Å². The van der Waals surface area contributed by atoms with Crippen LogP contribution in [0.15, 0.2) is 249 Å². The van der Waals surface area contributed by atoms with E-state index in [1.54, 1.807) is 0 Å². The molecule has 1 aliphatic heterocycles. The first-order valence-electron chi connectivity index (χ1n) is 23.2. The first kappa shape index (κ1) is 40.7. The lowest BCUT2D eigenvalue weighted by Crippen LogP contribution is -2.22. The molecule has 68 heavy (non-hydrogen) atoms. The SMILES string of the molecule is NC(/C(=C1\NC(c2ccccc2)=Cc2cc(-c3ccc(-c4cc(-c5ccccc5)nc(-c5cccc(-n6c7ccccc7c7ccccc76)c5)c4)cc3)ccc21)c1ccccc1)c1ccccc1. The van der Waals surface area contributed by atoms with E-state index in [1.165, 1.54) is 21.8 Å². The van der Waals surface area contributed by atoms with Crippen LogP contribution in [0.4, 0.5) is 0 Å². The molecule has 2 aromatic heterocycles. The van der Waals surface area contributed by atoms with Gasteiger partial charge in [-0.1, -0.05) is 206 Å². The molecule has 0 saturated heterocycles. The van der Waals surface area contributed by atoms with Crippen molar-refractivity contribution in [3.63, 3.8) is 0 Å². The number of nitrogens with one attached hydrogen (secondary N) is 1. The lowest BCUT2D eigenvalue weighted by Gasteiger charge is -2.29. The van der Waals surface area contributed by atoms with Gasteiger partial charge in [-0.05, 0) is 93.0 Å². The van der Waals surface area contributed by atoms with Crippen molar-refractivity contribution in [2.24, 2.45) is 5.73 Å². The summed E-state index contributed by atoms with van der Waals surface area (Å²) in [6, 6.07) is 87.8. The zero-order valence-electron chi connectivity index (χ0n) is 37.3. The van der Waals surface area contributed by atoms with Crippen molar-refractivity contribution >= 4 is 44.8 Å². The lowest BCUT2D eigenvalue weighted by molar-refractivity contribution is 0.928. The van der Waals surface area contributed by atoms with Crippen molar-refractivity contribution in [2.75, 3.05) is 0 Å². The number of fused-ring (bicyclic) bond motifs is 4. The molecule has 11 aromatic rings. The third kappa shape index (κ3) is 7.59. The van der Waals surface area contributed by atoms with Crippen LogP contribution >= 0.6 is 0 Å². The molecular formula is C64H46N4. The van der Waals surface area contributed by atoms with E-state index < -0.39 is 0 Å². The molecule has 4 heteroatoms. The van der Waals surface area contributed by atoms with E-state index in [-0.39, 0.29) is 6.04 Å². The molecular weight excluding hydrogens is 825 g/mol. The zero-order chi connectivity index (χ0) is 45.4. The minimum Gasteiger partial charge on any atom is -0.354 e. The highest BCUT2D eigenvalue weighted by atomic mass is 15.0. The Kier molecular flexibility index (Phi) is 10.5. The fourth-order valence-electron chi connectivity index (χ4n) is 9.85. The van der Waals surface area contributed by atoms with Crippen molar-refractivity contribution < 1.29 is 0 Å². The molecule has 0 amide bonds. The van der Waals surface area contributed by atoms with E-state index in [4.69, 9.17) is 10.7 Å². The lowest BCUT2D eigenvalue weighted by atomic mass is 9.85. The predicted octanol–water partition coefficient (Wildman–Crippen LogP) is 15.5. The van der Waals surface area contributed by atoms with Gasteiger partial charge < -0.3 is 15.6 Å². The summed E-state index contributed by atoms with van der Waals surface area (Å²) in [7, 11) is 0. The van der Waals surface area contributed by atoms with Gasteiger partial charge in [0.15, 0.2) is 0 Å². The Bertz CT molecular complexity index is 3630. The standard InChI is InChI=1S/C64H46N4/c65-63(48-24-11-4-12-25-48)62(47-22-9-3-10-23-47)64-54-37-36-49(38-52(54)42-58(67-64)46-20-7-2-8-21-46)43-32-34-44(35-33-43)51-40-57(45-18-5-1-6-19-45)66-59(41-51)50-26-17-27-53(39-50)68-60-30-15-13-28-55(60)56-29-14-16-31-61(56)68/h1-42,63,67H,65H2/b64-62-. The van der Waals surface area contributed by atoms with Gasteiger partial charge in [-0.3, -0.25) is 0 Å². The van der Waals surface area contributed by atoms with Crippen molar-refractivity contribution in [1.29, 1.82) is 0 Å². The second-order valence-electron chi connectivity index (χ2n) is 17.4. The van der Waals surface area contributed by atoms with E-state index in [1.807, 2.05) is 6.07 Å². The number of pyridine rings is 1. The number of para-hydroxylation sites is 2. The fourth-order valence-corrected chi connectivity index (χ4v) is 9.85. The van der Waals surface area contributed by atoms with Crippen LogP contribution in [0.25, 0.3) is 95.3 Å². The van der Waals surface area contributed by atoms with Gasteiger partial charge in [0.05, 0.1) is 34.2 Å². The maximum atomic E-state index is 7.25. The third-order valence-electron chi connectivity index (χ3n) is 13.2. The maximum Gasteiger partial charge on any atom is 0.0716 e. The average Bonchev–Trinajstić information content (AvgIpc) is 3.76. The molecule has 0 fully saturated rings. The third-order valence-corrected chi connectivity index (χ3v) is 13.2. The number of nitrogens with zero attached hydrogens (tertiary/aromatic N) is 2. The summed E-state index contributed by atoms with van der Waals surface area (Å²) in [5.41, 5.74) is 27.7. The second kappa shape index (κ2) is 17.5. The highest BCUT2D eigenvalue weighted by Gasteiger charge is 2.25. The average molecular weight is 871 g/mol. The monoisotopic (exact) mass is 870 g/mol. The summed E-state index contributed by atoms with van der Waals surface area (Å²) in [5, 5.41) is 6.36. The Balaban J connectivity index is 0.944. The highest BCUT2D eigenvalue weighted by molar-refractivity contribution is 6.09. The summed E-state index contributed by atoms with van der Waals surface area (Å²) < 4.78 is 2.36. The van der Waals surface area contributed by atoms with Crippen molar-refractivity contribution in [1.82, 2.24) is 14.9 Å².